The molecule has 0 radical (unpaired) electrons. The van der Waals surface area contributed by atoms with Crippen LogP contribution in [-0.2, 0) is 0 Å². The van der Waals surface area contributed by atoms with Crippen LogP contribution in [0.1, 0.15) is 84.5 Å². The summed E-state index contributed by atoms with van der Waals surface area (Å²) in [6.07, 6.45) is 17.6. The maximum atomic E-state index is 9.44. The molecule has 0 aliphatic carbocycles. The van der Waals surface area contributed by atoms with Crippen molar-refractivity contribution in [3.05, 3.63) is 12.7 Å². The average Bonchev–Trinajstić information content (AvgIpc) is 2.58. The Morgan fingerprint density at radius 1 is 0.870 bits per heavy atom. The highest BCUT2D eigenvalue weighted by Gasteiger charge is 2.36. The first kappa shape index (κ1) is 22.1. The van der Waals surface area contributed by atoms with Gasteiger partial charge in [-0.15, -0.1) is 6.58 Å². The minimum absolute atomic E-state index is 0.584. The molecule has 0 heterocycles. The molecule has 0 aromatic heterocycles. The summed E-state index contributed by atoms with van der Waals surface area (Å²) < 4.78 is 0. The van der Waals surface area contributed by atoms with Crippen LogP contribution in [0.5, 0.6) is 0 Å². The van der Waals surface area contributed by atoms with Crippen LogP contribution in [0.3, 0.4) is 0 Å². The van der Waals surface area contributed by atoms with E-state index in [1.54, 1.807) is 0 Å². The zero-order valence-corrected chi connectivity index (χ0v) is 16.2. The highest BCUT2D eigenvalue weighted by Crippen LogP contribution is 2.51. The number of hydrogen-bond donors (Lipinski definition) is 0. The van der Waals surface area contributed by atoms with Gasteiger partial charge in [0.1, 0.15) is 0 Å². The minimum Gasteiger partial charge on any atom is -0.196 e. The lowest BCUT2D eigenvalue weighted by molar-refractivity contribution is 0.562. The Balaban J connectivity index is 3.92. The van der Waals surface area contributed by atoms with E-state index >= 15 is 0 Å². The molecule has 1 unspecified atom stereocenters. The van der Waals surface area contributed by atoms with E-state index in [-0.39, 0.29) is 0 Å². The largest absolute Gasteiger partial charge is 0.196 e. The fourth-order valence-electron chi connectivity index (χ4n) is 2.93. The third-order valence-corrected chi connectivity index (χ3v) is 7.70. The summed E-state index contributed by atoms with van der Waals surface area (Å²) in [7, 11) is -0.584. The second-order valence-electron chi connectivity index (χ2n) is 6.35. The molecule has 0 aliphatic rings. The zero-order chi connectivity index (χ0) is 17.4. The van der Waals surface area contributed by atoms with Gasteiger partial charge in [-0.05, 0) is 25.2 Å². The molecule has 0 rings (SSSR count). The molecule has 2 nitrogen and oxygen atoms in total. The summed E-state index contributed by atoms with van der Waals surface area (Å²) in [4.78, 5) is 0. The van der Waals surface area contributed by atoms with Crippen molar-refractivity contribution in [1.29, 1.82) is 10.5 Å². The predicted molar refractivity (Wildman–Crippen MR) is 103 cm³/mol. The summed E-state index contributed by atoms with van der Waals surface area (Å²) in [5.41, 5.74) is 0. The summed E-state index contributed by atoms with van der Waals surface area (Å²) in [5, 5.41) is 18.1. The summed E-state index contributed by atoms with van der Waals surface area (Å²) in [6, 6.07) is 4.61. The van der Waals surface area contributed by atoms with Gasteiger partial charge in [-0.25, -0.2) is 0 Å². The molecule has 0 fully saturated rings. The highest BCUT2D eigenvalue weighted by atomic mass is 31.1. The second kappa shape index (κ2) is 14.7. The molecule has 0 bridgehead atoms. The molecule has 0 aromatic rings. The van der Waals surface area contributed by atoms with Crippen molar-refractivity contribution in [2.24, 2.45) is 0 Å². The number of nitriles is 2. The van der Waals surface area contributed by atoms with Crippen LogP contribution in [-0.4, -0.2) is 17.5 Å². The van der Waals surface area contributed by atoms with E-state index in [0.29, 0.717) is 6.42 Å². The van der Waals surface area contributed by atoms with Gasteiger partial charge in [0.05, 0.1) is 12.1 Å². The summed E-state index contributed by atoms with van der Waals surface area (Å²) in [5.74, 6) is 0. The molecule has 0 amide bonds. The number of rotatable bonds is 15. The second-order valence-corrected chi connectivity index (χ2v) is 9.01. The van der Waals surface area contributed by atoms with E-state index in [0.717, 1.165) is 18.7 Å². The van der Waals surface area contributed by atoms with Crippen LogP contribution in [0.2, 0.25) is 0 Å². The first-order valence-corrected chi connectivity index (χ1v) is 11.1. The highest BCUT2D eigenvalue weighted by molar-refractivity contribution is 7.60. The molecule has 3 heteroatoms. The first-order valence-electron chi connectivity index (χ1n) is 9.39. The molecule has 0 aromatic carbocycles. The molecule has 0 saturated heterocycles. The van der Waals surface area contributed by atoms with Crippen molar-refractivity contribution in [3.63, 3.8) is 0 Å². The summed E-state index contributed by atoms with van der Waals surface area (Å²) in [6.45, 7) is 8.03. The average molecular weight is 334 g/mol. The van der Waals surface area contributed by atoms with E-state index in [1.165, 1.54) is 57.8 Å². The minimum atomic E-state index is -0.761. The Kier molecular flexibility index (Phi) is 14.2. The zero-order valence-electron chi connectivity index (χ0n) is 15.3. The quantitative estimate of drug-likeness (QED) is 0.188. The summed E-state index contributed by atoms with van der Waals surface area (Å²) >= 11 is 0. The molecule has 130 valence electrons. The van der Waals surface area contributed by atoms with E-state index in [1.807, 2.05) is 13.0 Å². The monoisotopic (exact) mass is 334 g/mol. The van der Waals surface area contributed by atoms with Crippen LogP contribution < -0.4 is 0 Å². The molecule has 0 aliphatic heterocycles. The first-order chi connectivity index (χ1) is 11.2. The fraction of sp³-hybridized carbons (Fsp3) is 0.800. The molecule has 0 N–H and O–H groups in total. The standard InChI is InChI=1S/C20H35N2P/c1-4-7-8-9-10-11-12-13-14-15-17-23(16-5-2)20(6-3,18-21)19-22/h5H,2,4,6-17H2,1,3H3. The van der Waals surface area contributed by atoms with Gasteiger partial charge in [0.2, 0.25) is 0 Å². The van der Waals surface area contributed by atoms with Crippen LogP contribution in [0.15, 0.2) is 12.7 Å². The number of unbranched alkanes of at least 4 members (excludes halogenated alkanes) is 9. The predicted octanol–water partition coefficient (Wildman–Crippen LogP) is 6.77. The Hall–Kier alpha value is -0.850. The molecular weight excluding hydrogens is 299 g/mol. The normalized spacial score (nSPS) is 12.3. The fourth-order valence-corrected chi connectivity index (χ4v) is 5.46. The van der Waals surface area contributed by atoms with E-state index < -0.39 is 13.1 Å². The number of allylic oxidation sites excluding steroid dienone is 1. The van der Waals surface area contributed by atoms with Crippen molar-refractivity contribution in [3.8, 4) is 12.1 Å². The molecule has 1 atom stereocenters. The van der Waals surface area contributed by atoms with Gasteiger partial charge in [-0.1, -0.05) is 85.6 Å². The Morgan fingerprint density at radius 2 is 1.35 bits per heavy atom. The Morgan fingerprint density at radius 3 is 1.74 bits per heavy atom. The van der Waals surface area contributed by atoms with Gasteiger partial charge >= 0.3 is 0 Å². The van der Waals surface area contributed by atoms with Crippen LogP contribution in [0.4, 0.5) is 0 Å². The lowest BCUT2D eigenvalue weighted by atomic mass is 10.1. The maximum absolute atomic E-state index is 9.44. The maximum Gasteiger partial charge on any atom is 0.162 e. The van der Waals surface area contributed by atoms with E-state index in [2.05, 4.69) is 25.6 Å². The van der Waals surface area contributed by atoms with Crippen molar-refractivity contribution in [2.75, 3.05) is 12.3 Å². The van der Waals surface area contributed by atoms with Crippen LogP contribution in [0, 0.1) is 22.7 Å². The molecule has 0 saturated carbocycles. The van der Waals surface area contributed by atoms with Crippen molar-refractivity contribution in [1.82, 2.24) is 0 Å². The van der Waals surface area contributed by atoms with E-state index in [4.69, 9.17) is 0 Å². The molecule has 0 spiro atoms. The van der Waals surface area contributed by atoms with Crippen LogP contribution in [0.25, 0.3) is 0 Å². The smallest absolute Gasteiger partial charge is 0.162 e. The topological polar surface area (TPSA) is 47.6 Å². The van der Waals surface area contributed by atoms with Crippen molar-refractivity contribution in [2.45, 2.75) is 89.6 Å². The lowest BCUT2D eigenvalue weighted by Gasteiger charge is -2.28. The third kappa shape index (κ3) is 9.13. The van der Waals surface area contributed by atoms with Gasteiger partial charge < -0.3 is 0 Å². The van der Waals surface area contributed by atoms with E-state index in [9.17, 15) is 10.5 Å². The lowest BCUT2D eigenvalue weighted by Crippen LogP contribution is -2.23. The Labute approximate surface area is 145 Å². The SMILES string of the molecule is C=CCP(CCCCCCCCCCCC)C(C#N)(C#N)CC. The molecule has 23 heavy (non-hydrogen) atoms. The van der Waals surface area contributed by atoms with Gasteiger partial charge in [0.15, 0.2) is 5.16 Å². The van der Waals surface area contributed by atoms with Crippen molar-refractivity contribution < 1.29 is 0 Å². The Bertz CT molecular complexity index is 364. The number of nitrogens with zero attached hydrogens (tertiary/aromatic N) is 2. The number of hydrogen-bond acceptors (Lipinski definition) is 2. The van der Waals surface area contributed by atoms with Gasteiger partial charge in [-0.3, -0.25) is 0 Å². The van der Waals surface area contributed by atoms with Crippen molar-refractivity contribution >= 4 is 7.92 Å². The van der Waals surface area contributed by atoms with Crippen LogP contribution >= 0.6 is 7.92 Å². The van der Waals surface area contributed by atoms with Gasteiger partial charge in [0, 0.05) is 0 Å². The van der Waals surface area contributed by atoms with Gasteiger partial charge in [-0.2, -0.15) is 10.5 Å². The van der Waals surface area contributed by atoms with Gasteiger partial charge in [0.25, 0.3) is 0 Å². The third-order valence-electron chi connectivity index (χ3n) is 4.55. The molecular formula is C20H35N2P.